The maximum absolute atomic E-state index is 12.1. The Balaban J connectivity index is 1.76. The van der Waals surface area contributed by atoms with Gasteiger partial charge >= 0.3 is 0 Å². The van der Waals surface area contributed by atoms with E-state index in [0.29, 0.717) is 24.7 Å². The first-order valence-electron chi connectivity index (χ1n) is 8.28. The molecule has 0 radical (unpaired) electrons. The van der Waals surface area contributed by atoms with Gasteiger partial charge in [0.1, 0.15) is 12.4 Å². The van der Waals surface area contributed by atoms with Gasteiger partial charge in [-0.1, -0.05) is 18.2 Å². The number of ether oxygens (including phenoxy) is 3. The number of methoxy groups -OCH3 is 1. The molecule has 0 bridgehead atoms. The fourth-order valence-electron chi connectivity index (χ4n) is 2.25. The number of rotatable bonds is 8. The Labute approximate surface area is 148 Å². The van der Waals surface area contributed by atoms with Crippen molar-refractivity contribution in [2.75, 3.05) is 20.3 Å². The summed E-state index contributed by atoms with van der Waals surface area (Å²) in [6.45, 7) is 6.61. The zero-order valence-corrected chi connectivity index (χ0v) is 15.2. The van der Waals surface area contributed by atoms with Crippen molar-refractivity contribution >= 4 is 5.91 Å². The summed E-state index contributed by atoms with van der Waals surface area (Å²) in [4.78, 5) is 12.1. The predicted octanol–water partition coefficient (Wildman–Crippen LogP) is 3.27. The lowest BCUT2D eigenvalue weighted by molar-refractivity contribution is -0.127. The van der Waals surface area contributed by atoms with Crippen molar-refractivity contribution in [2.45, 2.75) is 26.9 Å². The zero-order chi connectivity index (χ0) is 18.2. The molecule has 0 aromatic heterocycles. The number of carbonyl (C=O) groups excluding carboxylic acids is 1. The average molecular weight is 343 g/mol. The van der Waals surface area contributed by atoms with E-state index in [9.17, 15) is 4.79 Å². The topological polar surface area (TPSA) is 56.8 Å². The van der Waals surface area contributed by atoms with Crippen LogP contribution in [-0.4, -0.2) is 32.3 Å². The fourth-order valence-corrected chi connectivity index (χ4v) is 2.25. The Morgan fingerprint density at radius 3 is 2.48 bits per heavy atom. The van der Waals surface area contributed by atoms with Gasteiger partial charge in [-0.25, -0.2) is 0 Å². The predicted molar refractivity (Wildman–Crippen MR) is 97.5 cm³/mol. The van der Waals surface area contributed by atoms with E-state index in [1.54, 1.807) is 26.2 Å². The SMILES string of the molecule is COc1ccccc1OC(C)C(=O)NCCOc1ccc(C)c(C)c1. The lowest BCUT2D eigenvalue weighted by Crippen LogP contribution is -2.38. The van der Waals surface area contributed by atoms with E-state index in [0.717, 1.165) is 5.75 Å². The molecule has 0 saturated carbocycles. The van der Waals surface area contributed by atoms with Crippen molar-refractivity contribution in [2.24, 2.45) is 0 Å². The molecule has 0 aliphatic rings. The van der Waals surface area contributed by atoms with Crippen LogP contribution in [0.2, 0.25) is 0 Å². The van der Waals surface area contributed by atoms with E-state index in [2.05, 4.69) is 12.2 Å². The van der Waals surface area contributed by atoms with Gasteiger partial charge in [0.25, 0.3) is 5.91 Å². The first-order chi connectivity index (χ1) is 12.0. The molecule has 5 nitrogen and oxygen atoms in total. The number of hydrogen-bond acceptors (Lipinski definition) is 4. The van der Waals surface area contributed by atoms with Crippen LogP contribution >= 0.6 is 0 Å². The molecule has 2 aromatic carbocycles. The van der Waals surface area contributed by atoms with Crippen molar-refractivity contribution in [3.8, 4) is 17.2 Å². The van der Waals surface area contributed by atoms with Crippen LogP contribution in [-0.2, 0) is 4.79 Å². The van der Waals surface area contributed by atoms with Gasteiger partial charge in [0.05, 0.1) is 13.7 Å². The van der Waals surface area contributed by atoms with Gasteiger partial charge in [-0.3, -0.25) is 4.79 Å². The van der Waals surface area contributed by atoms with E-state index in [-0.39, 0.29) is 5.91 Å². The summed E-state index contributed by atoms with van der Waals surface area (Å²) in [5.74, 6) is 1.74. The molecular weight excluding hydrogens is 318 g/mol. The highest BCUT2D eigenvalue weighted by Gasteiger charge is 2.16. The average Bonchev–Trinajstić information content (AvgIpc) is 2.61. The number of aryl methyl sites for hydroxylation is 2. The Morgan fingerprint density at radius 2 is 1.80 bits per heavy atom. The number of hydrogen-bond donors (Lipinski definition) is 1. The van der Waals surface area contributed by atoms with Gasteiger partial charge in [0.2, 0.25) is 0 Å². The first-order valence-corrected chi connectivity index (χ1v) is 8.28. The van der Waals surface area contributed by atoms with Crippen molar-refractivity contribution in [3.05, 3.63) is 53.6 Å². The van der Waals surface area contributed by atoms with Crippen LogP contribution in [0.15, 0.2) is 42.5 Å². The molecule has 1 N–H and O–H groups in total. The first kappa shape index (κ1) is 18.6. The van der Waals surface area contributed by atoms with Crippen LogP contribution in [0.1, 0.15) is 18.1 Å². The molecule has 0 fully saturated rings. The van der Waals surface area contributed by atoms with Gasteiger partial charge in [-0.05, 0) is 56.2 Å². The summed E-state index contributed by atoms with van der Waals surface area (Å²) in [5, 5.41) is 2.81. The number of para-hydroxylation sites is 2. The molecular formula is C20H25NO4. The second-order valence-electron chi connectivity index (χ2n) is 5.80. The van der Waals surface area contributed by atoms with Crippen LogP contribution in [0.25, 0.3) is 0 Å². The van der Waals surface area contributed by atoms with Crippen LogP contribution in [0.3, 0.4) is 0 Å². The van der Waals surface area contributed by atoms with E-state index in [1.807, 2.05) is 37.3 Å². The van der Waals surface area contributed by atoms with Crippen LogP contribution in [0.4, 0.5) is 0 Å². The largest absolute Gasteiger partial charge is 0.493 e. The molecule has 0 aliphatic carbocycles. The second kappa shape index (κ2) is 8.97. The maximum atomic E-state index is 12.1. The number of nitrogens with one attached hydrogen (secondary N) is 1. The van der Waals surface area contributed by atoms with Gasteiger partial charge in [-0.15, -0.1) is 0 Å². The maximum Gasteiger partial charge on any atom is 0.260 e. The number of carbonyl (C=O) groups is 1. The van der Waals surface area contributed by atoms with Gasteiger partial charge in [0.15, 0.2) is 17.6 Å². The molecule has 0 saturated heterocycles. The normalized spacial score (nSPS) is 11.5. The Bertz CT molecular complexity index is 715. The third-order valence-corrected chi connectivity index (χ3v) is 3.89. The molecule has 0 heterocycles. The molecule has 25 heavy (non-hydrogen) atoms. The quantitative estimate of drug-likeness (QED) is 0.748. The molecule has 2 aromatic rings. The smallest absolute Gasteiger partial charge is 0.260 e. The van der Waals surface area contributed by atoms with E-state index < -0.39 is 6.10 Å². The number of benzene rings is 2. The Hall–Kier alpha value is -2.69. The third kappa shape index (κ3) is 5.41. The van der Waals surface area contributed by atoms with Gasteiger partial charge < -0.3 is 19.5 Å². The lowest BCUT2D eigenvalue weighted by Gasteiger charge is -2.16. The highest BCUT2D eigenvalue weighted by atomic mass is 16.5. The minimum absolute atomic E-state index is 0.199. The summed E-state index contributed by atoms with van der Waals surface area (Å²) >= 11 is 0. The second-order valence-corrected chi connectivity index (χ2v) is 5.80. The van der Waals surface area contributed by atoms with Gasteiger partial charge in [-0.2, -0.15) is 0 Å². The molecule has 2 rings (SSSR count). The molecule has 5 heteroatoms. The highest BCUT2D eigenvalue weighted by Crippen LogP contribution is 2.26. The molecule has 0 spiro atoms. The van der Waals surface area contributed by atoms with Crippen molar-refractivity contribution in [3.63, 3.8) is 0 Å². The standard InChI is InChI=1S/C20H25NO4/c1-14-9-10-17(13-15(14)2)24-12-11-21-20(22)16(3)25-19-8-6-5-7-18(19)23-4/h5-10,13,16H,11-12H2,1-4H3,(H,21,22). The van der Waals surface area contributed by atoms with Crippen LogP contribution < -0.4 is 19.5 Å². The van der Waals surface area contributed by atoms with Crippen LogP contribution in [0, 0.1) is 13.8 Å². The number of amides is 1. The molecule has 1 atom stereocenters. The Morgan fingerprint density at radius 1 is 1.08 bits per heavy atom. The van der Waals surface area contributed by atoms with Crippen molar-refractivity contribution in [1.82, 2.24) is 5.32 Å². The summed E-state index contributed by atoms with van der Waals surface area (Å²) in [7, 11) is 1.57. The van der Waals surface area contributed by atoms with Crippen molar-refractivity contribution in [1.29, 1.82) is 0 Å². The minimum atomic E-state index is -0.627. The Kier molecular flexibility index (Phi) is 6.69. The van der Waals surface area contributed by atoms with E-state index in [1.165, 1.54) is 11.1 Å². The summed E-state index contributed by atoms with van der Waals surface area (Å²) in [6.07, 6.45) is -0.627. The van der Waals surface area contributed by atoms with Gasteiger partial charge in [0, 0.05) is 0 Å². The minimum Gasteiger partial charge on any atom is -0.493 e. The summed E-state index contributed by atoms with van der Waals surface area (Å²) in [6, 6.07) is 13.2. The summed E-state index contributed by atoms with van der Waals surface area (Å²) in [5.41, 5.74) is 2.41. The lowest BCUT2D eigenvalue weighted by atomic mass is 10.1. The monoisotopic (exact) mass is 343 g/mol. The van der Waals surface area contributed by atoms with Crippen molar-refractivity contribution < 1.29 is 19.0 Å². The molecule has 0 aliphatic heterocycles. The molecule has 134 valence electrons. The van der Waals surface area contributed by atoms with E-state index in [4.69, 9.17) is 14.2 Å². The van der Waals surface area contributed by atoms with E-state index >= 15 is 0 Å². The molecule has 1 amide bonds. The van der Waals surface area contributed by atoms with Crippen LogP contribution in [0.5, 0.6) is 17.2 Å². The summed E-state index contributed by atoms with van der Waals surface area (Å²) < 4.78 is 16.5. The fraction of sp³-hybridized carbons (Fsp3) is 0.350. The highest BCUT2D eigenvalue weighted by molar-refractivity contribution is 5.80. The third-order valence-electron chi connectivity index (χ3n) is 3.89. The zero-order valence-electron chi connectivity index (χ0n) is 15.2. The molecule has 1 unspecified atom stereocenters.